The third kappa shape index (κ3) is 3.58. The third-order valence-electron chi connectivity index (χ3n) is 5.91. The Labute approximate surface area is 178 Å². The topological polar surface area (TPSA) is 103 Å². The van der Waals surface area contributed by atoms with E-state index >= 15 is 0 Å². The molecule has 0 radical (unpaired) electrons. The van der Waals surface area contributed by atoms with Crippen molar-refractivity contribution in [1.82, 2.24) is 14.5 Å². The van der Waals surface area contributed by atoms with Crippen molar-refractivity contribution in [3.63, 3.8) is 0 Å². The van der Waals surface area contributed by atoms with Crippen LogP contribution in [0.25, 0.3) is 22.0 Å². The van der Waals surface area contributed by atoms with Crippen LogP contribution in [0.4, 0.5) is 5.82 Å². The Bertz CT molecular complexity index is 1290. The van der Waals surface area contributed by atoms with E-state index in [1.807, 2.05) is 6.07 Å². The van der Waals surface area contributed by atoms with Gasteiger partial charge in [-0.05, 0) is 43.4 Å². The fourth-order valence-corrected chi connectivity index (χ4v) is 4.11. The maximum absolute atomic E-state index is 13.1. The largest absolute Gasteiger partial charge is 0.456 e. The van der Waals surface area contributed by atoms with Gasteiger partial charge in [0.25, 0.3) is 5.56 Å². The number of hydrogen-bond acceptors (Lipinski definition) is 6. The zero-order valence-electron chi connectivity index (χ0n) is 17.3. The Balaban J connectivity index is 1.51. The highest BCUT2D eigenvalue weighted by Crippen LogP contribution is 2.35. The summed E-state index contributed by atoms with van der Waals surface area (Å²) >= 11 is 0. The standard InChI is InChI=1S/C23H22N4O4/c1-12(28)31-19-6-5-14-7-15(10-25-21(14)19)17-8-16-11-24-20(26-22(29)13-3-4-13)9-18(16)27(2)23(17)30/h7-11,13,19H,3-6H2,1-2H3,(H,24,26,29). The molecule has 0 aliphatic heterocycles. The Morgan fingerprint density at radius 1 is 1.13 bits per heavy atom. The summed E-state index contributed by atoms with van der Waals surface area (Å²) < 4.78 is 6.90. The van der Waals surface area contributed by atoms with E-state index in [9.17, 15) is 14.4 Å². The number of amides is 1. The summed E-state index contributed by atoms with van der Waals surface area (Å²) in [5, 5.41) is 3.62. The van der Waals surface area contributed by atoms with Crippen LogP contribution < -0.4 is 10.9 Å². The molecule has 2 aliphatic rings. The summed E-state index contributed by atoms with van der Waals surface area (Å²) in [5.74, 6) is 0.177. The van der Waals surface area contributed by atoms with Crippen LogP contribution in [0.5, 0.6) is 0 Å². The number of esters is 1. The number of ether oxygens (including phenoxy) is 1. The summed E-state index contributed by atoms with van der Waals surface area (Å²) in [5.41, 5.74) is 3.53. The van der Waals surface area contributed by atoms with Crippen LogP contribution in [-0.4, -0.2) is 26.4 Å². The number of nitrogens with zero attached hydrogens (tertiary/aromatic N) is 3. The quantitative estimate of drug-likeness (QED) is 0.654. The Kier molecular flexibility index (Phi) is 4.57. The number of rotatable bonds is 4. The molecule has 0 spiro atoms. The average molecular weight is 418 g/mol. The van der Waals surface area contributed by atoms with Gasteiger partial charge in [0.05, 0.1) is 11.2 Å². The zero-order valence-corrected chi connectivity index (χ0v) is 17.3. The van der Waals surface area contributed by atoms with E-state index in [0.717, 1.165) is 41.5 Å². The molecule has 8 nitrogen and oxygen atoms in total. The van der Waals surface area contributed by atoms with Crippen molar-refractivity contribution in [2.45, 2.75) is 38.7 Å². The highest BCUT2D eigenvalue weighted by molar-refractivity contribution is 5.95. The number of anilines is 1. The van der Waals surface area contributed by atoms with Gasteiger partial charge in [-0.15, -0.1) is 0 Å². The van der Waals surface area contributed by atoms with Crippen LogP contribution in [0.15, 0.2) is 35.4 Å². The number of aromatic nitrogens is 3. The fourth-order valence-electron chi connectivity index (χ4n) is 4.11. The van der Waals surface area contributed by atoms with Crippen LogP contribution in [0, 0.1) is 5.92 Å². The Hall–Kier alpha value is -3.55. The van der Waals surface area contributed by atoms with Crippen LogP contribution in [0.2, 0.25) is 0 Å². The highest BCUT2D eigenvalue weighted by Gasteiger charge is 2.30. The van der Waals surface area contributed by atoms with Gasteiger partial charge < -0.3 is 14.6 Å². The van der Waals surface area contributed by atoms with Crippen LogP contribution >= 0.6 is 0 Å². The normalized spacial score (nSPS) is 17.4. The summed E-state index contributed by atoms with van der Waals surface area (Å²) in [6, 6.07) is 5.48. The van der Waals surface area contributed by atoms with E-state index in [2.05, 4.69) is 15.3 Å². The predicted molar refractivity (Wildman–Crippen MR) is 114 cm³/mol. The molecule has 3 heterocycles. The number of fused-ring (bicyclic) bond motifs is 2. The average Bonchev–Trinajstić information content (AvgIpc) is 3.53. The third-order valence-corrected chi connectivity index (χ3v) is 5.91. The molecule has 1 unspecified atom stereocenters. The smallest absolute Gasteiger partial charge is 0.303 e. The first-order valence-electron chi connectivity index (χ1n) is 10.4. The molecular formula is C23H22N4O4. The van der Waals surface area contributed by atoms with E-state index < -0.39 is 0 Å². The minimum Gasteiger partial charge on any atom is -0.456 e. The first-order valence-corrected chi connectivity index (χ1v) is 10.4. The van der Waals surface area contributed by atoms with Gasteiger partial charge in [-0.3, -0.25) is 19.4 Å². The molecule has 5 rings (SSSR count). The zero-order chi connectivity index (χ0) is 21.7. The summed E-state index contributed by atoms with van der Waals surface area (Å²) in [7, 11) is 1.71. The summed E-state index contributed by atoms with van der Waals surface area (Å²) in [4.78, 5) is 45.3. The van der Waals surface area contributed by atoms with Gasteiger partial charge in [-0.2, -0.15) is 0 Å². The van der Waals surface area contributed by atoms with E-state index in [1.165, 1.54) is 6.92 Å². The molecule has 0 bridgehead atoms. The molecule has 31 heavy (non-hydrogen) atoms. The molecule has 0 aromatic carbocycles. The van der Waals surface area contributed by atoms with Crippen molar-refractivity contribution in [2.24, 2.45) is 13.0 Å². The number of nitrogens with one attached hydrogen (secondary N) is 1. The van der Waals surface area contributed by atoms with Gasteiger partial charge in [0.1, 0.15) is 11.9 Å². The molecule has 1 fully saturated rings. The molecule has 158 valence electrons. The number of carbonyl (C=O) groups is 2. The second-order valence-corrected chi connectivity index (χ2v) is 8.22. The SMILES string of the molecule is CC(=O)OC1CCc2cc(-c3cc4cnc(NC(=O)C5CC5)cc4n(C)c3=O)cnc21. The lowest BCUT2D eigenvalue weighted by atomic mass is 10.0. The molecule has 1 saturated carbocycles. The van der Waals surface area contributed by atoms with E-state index in [4.69, 9.17) is 4.74 Å². The molecule has 1 amide bonds. The van der Waals surface area contributed by atoms with Crippen LogP contribution in [0.3, 0.4) is 0 Å². The molecule has 8 heteroatoms. The van der Waals surface area contributed by atoms with Gasteiger partial charge in [0.15, 0.2) is 0 Å². The van der Waals surface area contributed by atoms with E-state index in [1.54, 1.807) is 36.1 Å². The van der Waals surface area contributed by atoms with Gasteiger partial charge in [-0.25, -0.2) is 4.98 Å². The molecule has 1 N–H and O–H groups in total. The monoisotopic (exact) mass is 418 g/mol. The lowest BCUT2D eigenvalue weighted by Crippen LogP contribution is -2.20. The lowest BCUT2D eigenvalue weighted by molar-refractivity contribution is -0.146. The van der Waals surface area contributed by atoms with Gasteiger partial charge >= 0.3 is 5.97 Å². The van der Waals surface area contributed by atoms with Crippen molar-refractivity contribution in [3.8, 4) is 11.1 Å². The van der Waals surface area contributed by atoms with Crippen molar-refractivity contribution in [2.75, 3.05) is 5.32 Å². The first-order chi connectivity index (χ1) is 14.9. The number of aryl methyl sites for hydroxylation is 2. The van der Waals surface area contributed by atoms with E-state index in [-0.39, 0.29) is 29.5 Å². The van der Waals surface area contributed by atoms with Gasteiger partial charge in [0, 0.05) is 54.9 Å². The molecule has 1 atom stereocenters. The maximum atomic E-state index is 13.1. The lowest BCUT2D eigenvalue weighted by Gasteiger charge is -2.13. The summed E-state index contributed by atoms with van der Waals surface area (Å²) in [6.45, 7) is 1.39. The number of pyridine rings is 3. The van der Waals surface area contributed by atoms with Crippen molar-refractivity contribution in [3.05, 3.63) is 52.2 Å². The van der Waals surface area contributed by atoms with Crippen molar-refractivity contribution >= 4 is 28.6 Å². The predicted octanol–water partition coefficient (Wildman–Crippen LogP) is 2.89. The minimum absolute atomic E-state index is 0.0234. The minimum atomic E-state index is -0.327. The van der Waals surface area contributed by atoms with Crippen molar-refractivity contribution < 1.29 is 14.3 Å². The molecule has 3 aromatic heterocycles. The molecule has 3 aromatic rings. The Morgan fingerprint density at radius 3 is 2.68 bits per heavy atom. The molecule has 0 saturated heterocycles. The number of hydrogen-bond donors (Lipinski definition) is 1. The van der Waals surface area contributed by atoms with E-state index in [0.29, 0.717) is 23.3 Å². The second-order valence-electron chi connectivity index (χ2n) is 8.22. The molecule has 2 aliphatic carbocycles. The van der Waals surface area contributed by atoms with Crippen LogP contribution in [0.1, 0.15) is 43.5 Å². The maximum Gasteiger partial charge on any atom is 0.303 e. The Morgan fingerprint density at radius 2 is 1.94 bits per heavy atom. The second kappa shape index (κ2) is 7.30. The summed E-state index contributed by atoms with van der Waals surface area (Å²) in [6.07, 6.45) is 6.26. The molecular weight excluding hydrogens is 396 g/mol. The highest BCUT2D eigenvalue weighted by atomic mass is 16.5. The van der Waals surface area contributed by atoms with Crippen LogP contribution in [-0.2, 0) is 27.8 Å². The van der Waals surface area contributed by atoms with Gasteiger partial charge in [0.2, 0.25) is 5.91 Å². The van der Waals surface area contributed by atoms with Gasteiger partial charge in [-0.1, -0.05) is 0 Å². The van der Waals surface area contributed by atoms with Crippen molar-refractivity contribution in [1.29, 1.82) is 0 Å². The fraction of sp³-hybridized carbons (Fsp3) is 0.348. The number of carbonyl (C=O) groups excluding carboxylic acids is 2. The first kappa shape index (κ1) is 19.4.